The Balaban J connectivity index is -0.000000315. The smallest absolute Gasteiger partial charge is 0.323 e. The molecular weight excluding hydrogens is 344 g/mol. The molecule has 0 fully saturated rings. The zero-order chi connectivity index (χ0) is 21.6. The number of hydrogen-bond donors (Lipinski definition) is 7. The molecule has 2 atom stereocenters. The summed E-state index contributed by atoms with van der Waals surface area (Å²) in [6.07, 6.45) is 2.88. The normalized spacial score (nSPS) is 13.8. The summed E-state index contributed by atoms with van der Waals surface area (Å²) < 4.78 is 0. The molecule has 0 aromatic carbocycles. The summed E-state index contributed by atoms with van der Waals surface area (Å²) in [6.45, 7) is 7.04. The molecule has 0 radical (unpaired) electrons. The molecular formula is C16H36N4O6. The summed E-state index contributed by atoms with van der Waals surface area (Å²) in [6, 6.07) is -0.688. The van der Waals surface area contributed by atoms with Crippen LogP contribution in [-0.4, -0.2) is 63.9 Å². The lowest BCUT2D eigenvalue weighted by molar-refractivity contribution is -0.143. The molecule has 0 aliphatic carbocycles. The van der Waals surface area contributed by atoms with Crippen molar-refractivity contribution in [2.24, 2.45) is 17.2 Å². The summed E-state index contributed by atoms with van der Waals surface area (Å²) in [7, 11) is 1.87. The van der Waals surface area contributed by atoms with Gasteiger partial charge >= 0.3 is 17.9 Å². The lowest BCUT2D eigenvalue weighted by Gasteiger charge is -2.14. The van der Waals surface area contributed by atoms with Gasteiger partial charge in [-0.2, -0.15) is 0 Å². The van der Waals surface area contributed by atoms with E-state index in [9.17, 15) is 14.4 Å². The second-order valence-electron chi connectivity index (χ2n) is 6.65. The Labute approximate surface area is 155 Å². The number of nitrogens with two attached hydrogens (primary N) is 3. The first kappa shape index (κ1) is 29.0. The molecule has 0 aliphatic heterocycles. The number of rotatable bonds is 9. The molecule has 10 nitrogen and oxygen atoms in total. The summed E-state index contributed by atoms with van der Waals surface area (Å²) in [5.74, 6) is -2.83. The van der Waals surface area contributed by atoms with Crippen LogP contribution in [0.3, 0.4) is 0 Å². The molecule has 156 valence electrons. The second kappa shape index (κ2) is 14.4. The van der Waals surface area contributed by atoms with E-state index in [1.165, 1.54) is 20.8 Å². The lowest BCUT2D eigenvalue weighted by Crippen LogP contribution is -2.43. The largest absolute Gasteiger partial charge is 0.480 e. The van der Waals surface area contributed by atoms with Crippen LogP contribution in [0.2, 0.25) is 0 Å². The summed E-state index contributed by atoms with van der Waals surface area (Å²) in [5, 5.41) is 27.8. The Morgan fingerprint density at radius 2 is 1.42 bits per heavy atom. The topological polar surface area (TPSA) is 202 Å². The van der Waals surface area contributed by atoms with Crippen LogP contribution in [0.5, 0.6) is 0 Å². The fourth-order valence-electron chi connectivity index (χ4n) is 0.941. The van der Waals surface area contributed by atoms with Gasteiger partial charge < -0.3 is 37.8 Å². The monoisotopic (exact) mass is 380 g/mol. The number of unbranched alkanes of at least 4 members (excludes halogenated alkanes) is 1. The maximum Gasteiger partial charge on any atom is 0.323 e. The zero-order valence-corrected chi connectivity index (χ0v) is 16.4. The van der Waals surface area contributed by atoms with Crippen LogP contribution in [0.4, 0.5) is 0 Å². The highest BCUT2D eigenvalue weighted by Gasteiger charge is 2.24. The molecule has 0 aliphatic rings. The number of carbonyl (C=O) groups is 3. The van der Waals surface area contributed by atoms with Gasteiger partial charge in [0.15, 0.2) is 0 Å². The van der Waals surface area contributed by atoms with Gasteiger partial charge in [-0.3, -0.25) is 14.4 Å². The molecule has 26 heavy (non-hydrogen) atoms. The third-order valence-electron chi connectivity index (χ3n) is 3.28. The predicted molar refractivity (Wildman–Crippen MR) is 99.8 cm³/mol. The van der Waals surface area contributed by atoms with Crippen molar-refractivity contribution in [2.75, 3.05) is 13.6 Å². The standard InChI is InChI=1S/C7H16N2O2.C5H11NO2.C4H9NO2/c1-9-5-3-2-4-6(8)7(10)11;1-3-5(2,6)4(7)8;1-4(2,5)3(6)7/h6,9H,2-5,8H2,1H3,(H,10,11);3,6H2,1-2H3,(H,7,8);5H2,1-2H3,(H,6,7)/t6-;5-;/m01./s1. The van der Waals surface area contributed by atoms with Crippen molar-refractivity contribution in [3.8, 4) is 0 Å². The SMILES string of the molecule is CC(C)(N)C(=O)O.CC[C@@](C)(N)C(=O)O.CNCCCC[C@H](N)C(=O)O. The molecule has 0 aromatic heterocycles. The van der Waals surface area contributed by atoms with Crippen LogP contribution in [0.1, 0.15) is 53.4 Å². The highest BCUT2D eigenvalue weighted by molar-refractivity contribution is 5.77. The first-order valence-corrected chi connectivity index (χ1v) is 8.31. The summed E-state index contributed by atoms with van der Waals surface area (Å²) in [5.41, 5.74) is 13.5. The second-order valence-corrected chi connectivity index (χ2v) is 6.65. The van der Waals surface area contributed by atoms with Gasteiger partial charge in [-0.1, -0.05) is 13.3 Å². The summed E-state index contributed by atoms with van der Waals surface area (Å²) in [4.78, 5) is 30.2. The van der Waals surface area contributed by atoms with Crippen LogP contribution in [0, 0.1) is 0 Å². The Bertz CT molecular complexity index is 421. The molecule has 10 heteroatoms. The van der Waals surface area contributed by atoms with Gasteiger partial charge in [0.25, 0.3) is 0 Å². The molecule has 0 spiro atoms. The van der Waals surface area contributed by atoms with E-state index < -0.39 is 35.0 Å². The molecule has 0 heterocycles. The minimum Gasteiger partial charge on any atom is -0.480 e. The fraction of sp³-hybridized carbons (Fsp3) is 0.812. The van der Waals surface area contributed by atoms with Crippen LogP contribution in [0.15, 0.2) is 0 Å². The van der Waals surface area contributed by atoms with E-state index in [-0.39, 0.29) is 0 Å². The minimum atomic E-state index is -1.08. The average Bonchev–Trinajstić information content (AvgIpc) is 2.51. The predicted octanol–water partition coefficient (Wildman–Crippen LogP) is -0.205. The maximum absolute atomic E-state index is 10.2. The first-order valence-electron chi connectivity index (χ1n) is 8.31. The molecule has 0 rings (SSSR count). The van der Waals surface area contributed by atoms with E-state index in [2.05, 4.69) is 5.32 Å². The van der Waals surface area contributed by atoms with E-state index >= 15 is 0 Å². The number of carboxylic acids is 3. The van der Waals surface area contributed by atoms with Crippen LogP contribution in [0.25, 0.3) is 0 Å². The Morgan fingerprint density at radius 1 is 1.00 bits per heavy atom. The van der Waals surface area contributed by atoms with E-state index in [1.807, 2.05) is 7.05 Å². The highest BCUT2D eigenvalue weighted by atomic mass is 16.4. The van der Waals surface area contributed by atoms with Crippen molar-refractivity contribution in [1.29, 1.82) is 0 Å². The van der Waals surface area contributed by atoms with E-state index in [0.29, 0.717) is 12.8 Å². The molecule has 0 saturated heterocycles. The van der Waals surface area contributed by atoms with Gasteiger partial charge in [0.05, 0.1) is 0 Å². The minimum absolute atomic E-state index is 0.461. The third-order valence-corrected chi connectivity index (χ3v) is 3.28. The molecule has 0 bridgehead atoms. The van der Waals surface area contributed by atoms with Gasteiger partial charge in [0.2, 0.25) is 0 Å². The van der Waals surface area contributed by atoms with Gasteiger partial charge in [-0.15, -0.1) is 0 Å². The lowest BCUT2D eigenvalue weighted by atomic mass is 10.0. The van der Waals surface area contributed by atoms with Gasteiger partial charge in [0.1, 0.15) is 17.1 Å². The van der Waals surface area contributed by atoms with Crippen LogP contribution < -0.4 is 22.5 Å². The third kappa shape index (κ3) is 18.6. The van der Waals surface area contributed by atoms with Crippen molar-refractivity contribution in [3.05, 3.63) is 0 Å². The van der Waals surface area contributed by atoms with Gasteiger partial charge in [-0.25, -0.2) is 0 Å². The molecule has 10 N–H and O–H groups in total. The first-order chi connectivity index (χ1) is 11.6. The quantitative estimate of drug-likeness (QED) is 0.262. The van der Waals surface area contributed by atoms with Crippen molar-refractivity contribution in [1.82, 2.24) is 5.32 Å². The Hall–Kier alpha value is -1.75. The number of aliphatic carboxylic acids is 3. The molecule has 0 unspecified atom stereocenters. The Kier molecular flexibility index (Phi) is 16.1. The van der Waals surface area contributed by atoms with Crippen molar-refractivity contribution < 1.29 is 29.7 Å². The number of carboxylic acid groups (broad SMARTS) is 3. The van der Waals surface area contributed by atoms with Crippen LogP contribution in [-0.2, 0) is 14.4 Å². The van der Waals surface area contributed by atoms with Crippen molar-refractivity contribution >= 4 is 17.9 Å². The average molecular weight is 380 g/mol. The van der Waals surface area contributed by atoms with E-state index in [4.69, 9.17) is 32.5 Å². The zero-order valence-electron chi connectivity index (χ0n) is 16.4. The number of hydrogen-bond acceptors (Lipinski definition) is 7. The molecule has 0 aromatic rings. The van der Waals surface area contributed by atoms with Gasteiger partial charge in [0, 0.05) is 0 Å². The van der Waals surface area contributed by atoms with Gasteiger partial charge in [-0.05, 0) is 53.6 Å². The Morgan fingerprint density at radius 3 is 1.62 bits per heavy atom. The number of nitrogens with one attached hydrogen (secondary N) is 1. The molecule has 0 amide bonds. The molecule has 0 saturated carbocycles. The highest BCUT2D eigenvalue weighted by Crippen LogP contribution is 2.02. The summed E-state index contributed by atoms with van der Waals surface area (Å²) >= 11 is 0. The fourth-order valence-corrected chi connectivity index (χ4v) is 0.941. The van der Waals surface area contributed by atoms with Crippen molar-refractivity contribution in [3.63, 3.8) is 0 Å². The van der Waals surface area contributed by atoms with Crippen molar-refractivity contribution in [2.45, 2.75) is 70.5 Å². The van der Waals surface area contributed by atoms with Crippen LogP contribution >= 0.6 is 0 Å². The van der Waals surface area contributed by atoms with E-state index in [0.717, 1.165) is 19.4 Å². The maximum atomic E-state index is 10.2. The van der Waals surface area contributed by atoms with E-state index in [1.54, 1.807) is 6.92 Å².